The highest BCUT2D eigenvalue weighted by Gasteiger charge is 1.81. The van der Waals surface area contributed by atoms with Gasteiger partial charge in [-0.3, -0.25) is 4.79 Å². The maximum atomic E-state index is 10.00. The third kappa shape index (κ3) is 10.2. The van der Waals surface area contributed by atoms with Gasteiger partial charge in [-0.05, 0) is 17.4 Å². The smallest absolute Gasteiger partial charge is 0.238 e. The molecule has 1 aromatic heterocycles. The summed E-state index contributed by atoms with van der Waals surface area (Å²) in [7, 11) is 1.34. The van der Waals surface area contributed by atoms with E-state index in [1.54, 1.807) is 12.5 Å². The predicted molar refractivity (Wildman–Crippen MR) is 44.4 cm³/mol. The van der Waals surface area contributed by atoms with Crippen LogP contribution in [0.25, 0.3) is 0 Å². The lowest BCUT2D eigenvalue weighted by atomic mass is 10.7. The summed E-state index contributed by atoms with van der Waals surface area (Å²) in [5, 5.41) is 6.10. The molecule has 1 aromatic rings. The number of hydrogen-bond acceptors (Lipinski definition) is 5. The van der Waals surface area contributed by atoms with Crippen LogP contribution < -0.4 is 5.43 Å². The highest BCUT2D eigenvalue weighted by molar-refractivity contribution is 5.72. The number of carbonyl (C=O) groups is 1. The van der Waals surface area contributed by atoms with E-state index >= 15 is 0 Å². The lowest BCUT2D eigenvalue weighted by Gasteiger charge is -1.85. The third-order valence-electron chi connectivity index (χ3n) is 0.755. The second kappa shape index (κ2) is 8.25. The van der Waals surface area contributed by atoms with Crippen molar-refractivity contribution in [1.82, 2.24) is 5.43 Å². The van der Waals surface area contributed by atoms with Crippen molar-refractivity contribution in [2.45, 2.75) is 6.92 Å². The van der Waals surface area contributed by atoms with Gasteiger partial charge in [-0.15, -0.1) is 0 Å². The number of furan rings is 1. The molecule has 0 spiro atoms. The number of amides is 1. The molecule has 1 heterocycles. The van der Waals surface area contributed by atoms with Gasteiger partial charge >= 0.3 is 0 Å². The topological polar surface area (TPSA) is 76.2 Å². The molecule has 13 heavy (non-hydrogen) atoms. The predicted octanol–water partition coefficient (Wildman–Crippen LogP) is 1.33. The van der Waals surface area contributed by atoms with E-state index in [-0.39, 0.29) is 5.91 Å². The lowest BCUT2D eigenvalue weighted by Crippen LogP contribution is -2.10. The summed E-state index contributed by atoms with van der Waals surface area (Å²) in [5.74, 6) is -0.272. The molecule has 0 fully saturated rings. The van der Waals surface area contributed by atoms with Crippen molar-refractivity contribution >= 4 is 5.91 Å². The zero-order valence-corrected chi connectivity index (χ0v) is 7.43. The van der Waals surface area contributed by atoms with Gasteiger partial charge in [-0.25, -0.2) is 5.43 Å². The number of carbonyl (C=O) groups excluding carboxylic acids is 1. The van der Waals surface area contributed by atoms with E-state index in [9.17, 15) is 4.79 Å². The van der Waals surface area contributed by atoms with Crippen LogP contribution in [0.1, 0.15) is 6.92 Å². The highest BCUT2D eigenvalue weighted by Crippen LogP contribution is 1.79. The fourth-order valence-corrected chi connectivity index (χ4v) is 0.358. The van der Waals surface area contributed by atoms with Gasteiger partial charge < -0.3 is 9.25 Å². The van der Waals surface area contributed by atoms with Crippen LogP contribution in [-0.2, 0) is 9.63 Å². The van der Waals surface area contributed by atoms with Gasteiger partial charge in [-0.2, -0.15) is 0 Å². The van der Waals surface area contributed by atoms with Gasteiger partial charge in [0.2, 0.25) is 5.91 Å². The Bertz CT molecular complexity index is 216. The summed E-state index contributed by atoms with van der Waals surface area (Å²) in [6.45, 7) is 1.33. The Labute approximate surface area is 75.5 Å². The number of nitrogens with zero attached hydrogens (tertiary/aromatic N) is 2. The maximum absolute atomic E-state index is 10.00. The van der Waals surface area contributed by atoms with Crippen molar-refractivity contribution in [2.75, 3.05) is 7.11 Å². The first-order chi connectivity index (χ1) is 6.27. The molecular formula is C7H11N3O3. The molecule has 72 valence electrons. The first-order valence-electron chi connectivity index (χ1n) is 3.44. The molecule has 0 radical (unpaired) electrons. The second-order valence-electron chi connectivity index (χ2n) is 1.83. The molecule has 0 saturated heterocycles. The first-order valence-corrected chi connectivity index (χ1v) is 3.44. The highest BCUT2D eigenvalue weighted by atomic mass is 16.6. The summed E-state index contributed by atoms with van der Waals surface area (Å²) in [6.07, 6.45) is 3.25. The molecule has 0 unspecified atom stereocenters. The van der Waals surface area contributed by atoms with E-state index in [0.717, 1.165) is 0 Å². The standard InChI is InChI=1S/C4H4O.C3H7N3O2/c1-2-4-5-3-1;1-3(7)4-5-6-8-2/h1-4H;1-2H3,(H,4,6,7). The van der Waals surface area contributed by atoms with Crippen molar-refractivity contribution in [2.24, 2.45) is 10.5 Å². The van der Waals surface area contributed by atoms with Gasteiger partial charge in [0.15, 0.2) is 0 Å². The van der Waals surface area contributed by atoms with Gasteiger partial charge in [0, 0.05) is 12.2 Å². The minimum Gasteiger partial charge on any atom is -0.473 e. The molecular weight excluding hydrogens is 174 g/mol. The van der Waals surface area contributed by atoms with Crippen LogP contribution in [-0.4, -0.2) is 13.0 Å². The summed E-state index contributed by atoms with van der Waals surface area (Å²) < 4.78 is 4.58. The fourth-order valence-electron chi connectivity index (χ4n) is 0.358. The Morgan fingerprint density at radius 1 is 1.46 bits per heavy atom. The molecule has 6 nitrogen and oxygen atoms in total. The molecule has 0 aromatic carbocycles. The first kappa shape index (κ1) is 11.2. The molecule has 0 atom stereocenters. The molecule has 1 N–H and O–H groups in total. The zero-order chi connectivity index (χ0) is 9.94. The Morgan fingerprint density at radius 3 is 2.38 bits per heavy atom. The van der Waals surface area contributed by atoms with Crippen LogP contribution in [0.2, 0.25) is 0 Å². The summed E-state index contributed by atoms with van der Waals surface area (Å²) >= 11 is 0. The second-order valence-corrected chi connectivity index (χ2v) is 1.83. The summed E-state index contributed by atoms with van der Waals surface area (Å²) in [4.78, 5) is 14.1. The van der Waals surface area contributed by atoms with Crippen molar-refractivity contribution in [3.63, 3.8) is 0 Å². The quantitative estimate of drug-likeness (QED) is 0.557. The normalized spacial score (nSPS) is 8.77. The average molecular weight is 185 g/mol. The summed E-state index contributed by atoms with van der Waals surface area (Å²) in [5.41, 5.74) is 2.04. The third-order valence-corrected chi connectivity index (χ3v) is 0.755. The van der Waals surface area contributed by atoms with Crippen LogP contribution in [0.4, 0.5) is 0 Å². The minimum atomic E-state index is -0.272. The van der Waals surface area contributed by atoms with Crippen LogP contribution >= 0.6 is 0 Å². The summed E-state index contributed by atoms with van der Waals surface area (Å²) in [6, 6.07) is 3.67. The van der Waals surface area contributed by atoms with E-state index < -0.39 is 0 Å². The average Bonchev–Trinajstić information content (AvgIpc) is 2.61. The zero-order valence-electron chi connectivity index (χ0n) is 7.43. The molecule has 1 rings (SSSR count). The van der Waals surface area contributed by atoms with Gasteiger partial charge in [0.25, 0.3) is 0 Å². The van der Waals surface area contributed by atoms with Crippen molar-refractivity contribution < 1.29 is 14.0 Å². The van der Waals surface area contributed by atoms with Gasteiger partial charge in [0.1, 0.15) is 7.11 Å². The van der Waals surface area contributed by atoms with E-state index in [1.807, 2.05) is 17.6 Å². The van der Waals surface area contributed by atoms with Crippen molar-refractivity contribution in [1.29, 1.82) is 0 Å². The van der Waals surface area contributed by atoms with Crippen molar-refractivity contribution in [3.8, 4) is 0 Å². The van der Waals surface area contributed by atoms with Crippen LogP contribution in [0.5, 0.6) is 0 Å². The van der Waals surface area contributed by atoms with E-state index in [4.69, 9.17) is 0 Å². The molecule has 0 aliphatic heterocycles. The molecule has 1 amide bonds. The Hall–Kier alpha value is -1.85. The van der Waals surface area contributed by atoms with Gasteiger partial charge in [0.05, 0.1) is 12.5 Å². The van der Waals surface area contributed by atoms with Crippen molar-refractivity contribution in [3.05, 3.63) is 24.7 Å². The van der Waals surface area contributed by atoms with E-state index in [2.05, 4.69) is 19.8 Å². The largest absolute Gasteiger partial charge is 0.473 e. The van der Waals surface area contributed by atoms with Crippen LogP contribution in [0, 0.1) is 0 Å². The number of hydrogen-bond donors (Lipinski definition) is 1. The lowest BCUT2D eigenvalue weighted by molar-refractivity contribution is -0.119. The molecule has 0 saturated carbocycles. The number of rotatable bonds is 2. The van der Waals surface area contributed by atoms with E-state index in [1.165, 1.54) is 14.0 Å². The van der Waals surface area contributed by atoms with Gasteiger partial charge in [-0.1, -0.05) is 0 Å². The fraction of sp³-hybridized carbons (Fsp3) is 0.286. The molecule has 0 aliphatic rings. The molecule has 0 bridgehead atoms. The maximum Gasteiger partial charge on any atom is 0.238 e. The monoisotopic (exact) mass is 185 g/mol. The minimum absolute atomic E-state index is 0.272. The van der Waals surface area contributed by atoms with Crippen LogP contribution in [0.15, 0.2) is 39.6 Å². The Kier molecular flexibility index (Phi) is 7.07. The Morgan fingerprint density at radius 2 is 2.08 bits per heavy atom. The number of nitrogens with one attached hydrogen (secondary N) is 1. The molecule has 0 aliphatic carbocycles. The molecule has 6 heteroatoms. The van der Waals surface area contributed by atoms with Crippen LogP contribution in [0.3, 0.4) is 0 Å². The van der Waals surface area contributed by atoms with E-state index in [0.29, 0.717) is 0 Å². The Balaban J connectivity index is 0.000000243. The SMILES string of the molecule is CON=NNC(C)=O.c1ccoc1.